The minimum atomic E-state index is -3.65. The zero-order valence-electron chi connectivity index (χ0n) is 11.7. The number of benzene rings is 2. The Morgan fingerprint density at radius 3 is 1.71 bits per heavy atom. The fraction of sp³-hybridized carbons (Fsp3) is 0.200. The maximum Gasteiger partial charge on any atom is 0.269 e. The van der Waals surface area contributed by atoms with Gasteiger partial charge in [-0.1, -0.05) is 26.0 Å². The molecule has 0 bridgehead atoms. The Balaban J connectivity index is 2.39. The van der Waals surface area contributed by atoms with Crippen LogP contribution in [0.5, 0.6) is 0 Å². The Morgan fingerprint density at radius 2 is 1.33 bits per heavy atom. The average Bonchev–Trinajstić information content (AvgIpc) is 2.47. The van der Waals surface area contributed by atoms with E-state index in [0.29, 0.717) is 5.92 Å². The van der Waals surface area contributed by atoms with E-state index in [-0.39, 0.29) is 15.5 Å². The highest BCUT2D eigenvalue weighted by atomic mass is 32.2. The van der Waals surface area contributed by atoms with Gasteiger partial charge in [-0.05, 0) is 35.7 Å². The Morgan fingerprint density at radius 1 is 0.905 bits per heavy atom. The number of nitrogens with zero attached hydrogens (tertiary/aromatic N) is 1. The quantitative estimate of drug-likeness (QED) is 0.639. The molecule has 2 rings (SSSR count). The number of sulfone groups is 1. The molecule has 2 aromatic carbocycles. The lowest BCUT2D eigenvalue weighted by Crippen LogP contribution is -2.02. The highest BCUT2D eigenvalue weighted by molar-refractivity contribution is 7.91. The molecule has 0 heterocycles. The van der Waals surface area contributed by atoms with E-state index in [2.05, 4.69) is 0 Å². The van der Waals surface area contributed by atoms with E-state index < -0.39 is 14.8 Å². The summed E-state index contributed by atoms with van der Waals surface area (Å²) in [6.07, 6.45) is 0. The van der Waals surface area contributed by atoms with E-state index in [1.807, 2.05) is 13.8 Å². The molecule has 0 aliphatic heterocycles. The van der Waals surface area contributed by atoms with Crippen LogP contribution in [0, 0.1) is 10.1 Å². The fourth-order valence-electron chi connectivity index (χ4n) is 1.91. The van der Waals surface area contributed by atoms with Crippen LogP contribution in [-0.4, -0.2) is 13.3 Å². The van der Waals surface area contributed by atoms with E-state index in [4.69, 9.17) is 0 Å². The maximum atomic E-state index is 12.4. The lowest BCUT2D eigenvalue weighted by molar-refractivity contribution is -0.384. The van der Waals surface area contributed by atoms with Crippen molar-refractivity contribution in [2.45, 2.75) is 29.6 Å². The van der Waals surface area contributed by atoms with E-state index in [0.717, 1.165) is 5.56 Å². The van der Waals surface area contributed by atoms with E-state index in [1.165, 1.54) is 24.3 Å². The van der Waals surface area contributed by atoms with Crippen LogP contribution in [0.25, 0.3) is 0 Å². The normalized spacial score (nSPS) is 11.6. The smallest absolute Gasteiger partial charge is 0.258 e. The molecule has 0 N–H and O–H groups in total. The monoisotopic (exact) mass is 305 g/mol. The van der Waals surface area contributed by atoms with Crippen LogP contribution in [0.1, 0.15) is 25.3 Å². The van der Waals surface area contributed by atoms with Gasteiger partial charge in [-0.3, -0.25) is 10.1 Å². The van der Waals surface area contributed by atoms with Gasteiger partial charge in [-0.25, -0.2) is 8.42 Å². The molecule has 0 amide bonds. The van der Waals surface area contributed by atoms with E-state index >= 15 is 0 Å². The van der Waals surface area contributed by atoms with Crippen molar-refractivity contribution >= 4 is 15.5 Å². The van der Waals surface area contributed by atoms with Gasteiger partial charge in [0, 0.05) is 12.1 Å². The molecule has 0 atom stereocenters. The molecule has 0 fully saturated rings. The summed E-state index contributed by atoms with van der Waals surface area (Å²) in [5.74, 6) is 0.320. The van der Waals surface area contributed by atoms with Gasteiger partial charge in [0.25, 0.3) is 5.69 Å². The van der Waals surface area contributed by atoms with Gasteiger partial charge < -0.3 is 0 Å². The summed E-state index contributed by atoms with van der Waals surface area (Å²) in [6, 6.07) is 11.6. The molecular formula is C15H15NO4S. The topological polar surface area (TPSA) is 77.3 Å². The average molecular weight is 305 g/mol. The van der Waals surface area contributed by atoms with Crippen LogP contribution >= 0.6 is 0 Å². The molecule has 0 aromatic heterocycles. The number of nitro groups is 1. The molecule has 0 aliphatic rings. The molecule has 110 valence electrons. The largest absolute Gasteiger partial charge is 0.269 e. The SMILES string of the molecule is CC(C)c1ccc(S(=O)(=O)c2ccc([N+](=O)[O-])cc2)cc1. The van der Waals surface area contributed by atoms with Crippen molar-refractivity contribution in [3.63, 3.8) is 0 Å². The van der Waals surface area contributed by atoms with Crippen molar-refractivity contribution in [2.24, 2.45) is 0 Å². The molecule has 0 saturated heterocycles. The second-order valence-corrected chi connectivity index (χ2v) is 6.93. The van der Waals surface area contributed by atoms with Crippen LogP contribution in [0.2, 0.25) is 0 Å². The second-order valence-electron chi connectivity index (χ2n) is 4.98. The molecule has 0 radical (unpaired) electrons. The third-order valence-electron chi connectivity index (χ3n) is 3.21. The summed E-state index contributed by atoms with van der Waals surface area (Å²) >= 11 is 0. The maximum absolute atomic E-state index is 12.4. The third kappa shape index (κ3) is 3.11. The molecule has 2 aromatic rings. The predicted molar refractivity (Wildman–Crippen MR) is 79.1 cm³/mol. The number of hydrogen-bond donors (Lipinski definition) is 0. The molecule has 21 heavy (non-hydrogen) atoms. The van der Waals surface area contributed by atoms with Crippen molar-refractivity contribution in [2.75, 3.05) is 0 Å². The van der Waals surface area contributed by atoms with Crippen LogP contribution < -0.4 is 0 Å². The standard InChI is InChI=1S/C15H15NO4S/c1-11(2)12-3-7-14(8-4-12)21(19,20)15-9-5-13(6-10-15)16(17)18/h3-11H,1-2H3. The Labute approximate surface area is 123 Å². The lowest BCUT2D eigenvalue weighted by atomic mass is 10.0. The lowest BCUT2D eigenvalue weighted by Gasteiger charge is -2.08. The summed E-state index contributed by atoms with van der Waals surface area (Å²) in [6.45, 7) is 4.06. The fourth-order valence-corrected chi connectivity index (χ4v) is 3.18. The van der Waals surface area contributed by atoms with Crippen LogP contribution in [0.15, 0.2) is 58.3 Å². The van der Waals surface area contributed by atoms with Crippen molar-refractivity contribution < 1.29 is 13.3 Å². The first-order valence-corrected chi connectivity index (χ1v) is 7.90. The summed E-state index contributed by atoms with van der Waals surface area (Å²) in [7, 11) is -3.65. The Hall–Kier alpha value is -2.21. The van der Waals surface area contributed by atoms with Gasteiger partial charge in [0.2, 0.25) is 9.84 Å². The number of nitro benzene ring substituents is 1. The van der Waals surface area contributed by atoms with Crippen molar-refractivity contribution in [1.82, 2.24) is 0 Å². The van der Waals surface area contributed by atoms with E-state index in [1.54, 1.807) is 24.3 Å². The summed E-state index contributed by atoms with van der Waals surface area (Å²) < 4.78 is 24.9. The van der Waals surface area contributed by atoms with Crippen molar-refractivity contribution in [3.05, 3.63) is 64.2 Å². The first kappa shape index (κ1) is 15.2. The Kier molecular flexibility index (Phi) is 4.09. The Bertz CT molecular complexity index is 747. The first-order chi connectivity index (χ1) is 9.82. The van der Waals surface area contributed by atoms with Crippen LogP contribution in [-0.2, 0) is 9.84 Å². The third-order valence-corrected chi connectivity index (χ3v) is 5.00. The van der Waals surface area contributed by atoms with Crippen LogP contribution in [0.3, 0.4) is 0 Å². The molecule has 0 aliphatic carbocycles. The highest BCUT2D eigenvalue weighted by Crippen LogP contribution is 2.24. The van der Waals surface area contributed by atoms with Crippen LogP contribution in [0.4, 0.5) is 5.69 Å². The van der Waals surface area contributed by atoms with Gasteiger partial charge in [0.15, 0.2) is 0 Å². The zero-order valence-corrected chi connectivity index (χ0v) is 12.5. The summed E-state index contributed by atoms with van der Waals surface area (Å²) in [4.78, 5) is 10.3. The zero-order chi connectivity index (χ0) is 15.6. The molecule has 0 saturated carbocycles. The number of rotatable bonds is 4. The molecule has 0 unspecified atom stereocenters. The minimum absolute atomic E-state index is 0.0467. The molecular weight excluding hydrogens is 290 g/mol. The summed E-state index contributed by atoms with van der Waals surface area (Å²) in [5.41, 5.74) is 0.918. The predicted octanol–water partition coefficient (Wildman–Crippen LogP) is 3.55. The first-order valence-electron chi connectivity index (χ1n) is 6.42. The van der Waals surface area contributed by atoms with Gasteiger partial charge in [-0.15, -0.1) is 0 Å². The summed E-state index contributed by atoms with van der Waals surface area (Å²) in [5, 5.41) is 10.6. The molecule has 5 nitrogen and oxygen atoms in total. The van der Waals surface area contributed by atoms with Gasteiger partial charge in [0.05, 0.1) is 14.7 Å². The number of non-ortho nitro benzene ring substituents is 1. The van der Waals surface area contributed by atoms with Gasteiger partial charge in [0.1, 0.15) is 0 Å². The van der Waals surface area contributed by atoms with E-state index in [9.17, 15) is 18.5 Å². The van der Waals surface area contributed by atoms with Gasteiger partial charge >= 0.3 is 0 Å². The molecule has 0 spiro atoms. The van der Waals surface area contributed by atoms with Crippen molar-refractivity contribution in [1.29, 1.82) is 0 Å². The minimum Gasteiger partial charge on any atom is -0.258 e. The number of hydrogen-bond acceptors (Lipinski definition) is 4. The molecule has 6 heteroatoms. The highest BCUT2D eigenvalue weighted by Gasteiger charge is 2.18. The van der Waals surface area contributed by atoms with Gasteiger partial charge in [-0.2, -0.15) is 0 Å². The second kappa shape index (κ2) is 5.65. The van der Waals surface area contributed by atoms with Crippen molar-refractivity contribution in [3.8, 4) is 0 Å².